The summed E-state index contributed by atoms with van der Waals surface area (Å²) < 4.78 is 13.0. The third kappa shape index (κ3) is 3.64. The molecule has 0 saturated heterocycles. The molecular formula is C14H11FN2O2. The largest absolute Gasteiger partial charge is 0.508 e. The molecule has 0 heterocycles. The molecule has 2 aromatic carbocycles. The van der Waals surface area contributed by atoms with Crippen molar-refractivity contribution in [3.05, 3.63) is 59.4 Å². The Balaban J connectivity index is 2.03. The van der Waals surface area contributed by atoms with Crippen molar-refractivity contribution in [3.63, 3.8) is 0 Å². The second-order valence-electron chi connectivity index (χ2n) is 3.79. The molecule has 19 heavy (non-hydrogen) atoms. The molecule has 0 unspecified atom stereocenters. The van der Waals surface area contributed by atoms with Gasteiger partial charge in [0.1, 0.15) is 5.75 Å². The fourth-order valence-corrected chi connectivity index (χ4v) is 1.36. The average molecular weight is 258 g/mol. The van der Waals surface area contributed by atoms with Crippen LogP contribution in [-0.2, 0) is 0 Å². The molecule has 0 aromatic heterocycles. The molecule has 0 aliphatic rings. The average Bonchev–Trinajstić information content (AvgIpc) is 2.41. The van der Waals surface area contributed by atoms with Gasteiger partial charge in [0.15, 0.2) is 11.6 Å². The summed E-state index contributed by atoms with van der Waals surface area (Å²) in [4.78, 5) is 0. The molecule has 0 aliphatic carbocycles. The molecule has 0 fully saturated rings. The predicted octanol–water partition coefficient (Wildman–Crippen LogP) is 2.69. The van der Waals surface area contributed by atoms with E-state index >= 15 is 0 Å². The molecular weight excluding hydrogens is 247 g/mol. The van der Waals surface area contributed by atoms with Crippen LogP contribution in [0.25, 0.3) is 0 Å². The lowest BCUT2D eigenvalue weighted by Gasteiger charge is -1.95. The van der Waals surface area contributed by atoms with Crippen molar-refractivity contribution in [2.75, 3.05) is 0 Å². The van der Waals surface area contributed by atoms with Crippen molar-refractivity contribution in [1.82, 2.24) is 0 Å². The SMILES string of the molecule is Oc1ccc(/C=N/N=C/c2ccc(O)c(F)c2)cc1. The van der Waals surface area contributed by atoms with Crippen LogP contribution in [0, 0.1) is 5.82 Å². The first-order valence-corrected chi connectivity index (χ1v) is 5.49. The number of halogens is 1. The highest BCUT2D eigenvalue weighted by molar-refractivity contribution is 5.82. The highest BCUT2D eigenvalue weighted by atomic mass is 19.1. The van der Waals surface area contributed by atoms with E-state index in [1.807, 2.05) is 0 Å². The van der Waals surface area contributed by atoms with Crippen LogP contribution < -0.4 is 0 Å². The molecule has 0 saturated carbocycles. The highest BCUT2D eigenvalue weighted by Gasteiger charge is 1.98. The van der Waals surface area contributed by atoms with Gasteiger partial charge in [0.05, 0.1) is 12.4 Å². The molecule has 4 nitrogen and oxygen atoms in total. The van der Waals surface area contributed by atoms with E-state index in [0.717, 1.165) is 11.6 Å². The van der Waals surface area contributed by atoms with Gasteiger partial charge in [-0.2, -0.15) is 10.2 Å². The van der Waals surface area contributed by atoms with Crippen LogP contribution in [-0.4, -0.2) is 22.6 Å². The Labute approximate surface area is 109 Å². The lowest BCUT2D eigenvalue weighted by Crippen LogP contribution is -1.84. The van der Waals surface area contributed by atoms with Gasteiger partial charge in [-0.3, -0.25) is 0 Å². The topological polar surface area (TPSA) is 65.2 Å². The Bertz CT molecular complexity index is 622. The summed E-state index contributed by atoms with van der Waals surface area (Å²) in [5.74, 6) is -0.920. The second kappa shape index (κ2) is 5.77. The highest BCUT2D eigenvalue weighted by Crippen LogP contribution is 2.15. The Morgan fingerprint density at radius 1 is 0.842 bits per heavy atom. The number of benzene rings is 2. The minimum Gasteiger partial charge on any atom is -0.508 e. The summed E-state index contributed by atoms with van der Waals surface area (Å²) >= 11 is 0. The first-order valence-electron chi connectivity index (χ1n) is 5.49. The number of phenolic OH excluding ortho intramolecular Hbond substituents is 2. The third-order valence-electron chi connectivity index (χ3n) is 2.35. The van der Waals surface area contributed by atoms with Crippen LogP contribution in [0.15, 0.2) is 52.7 Å². The smallest absolute Gasteiger partial charge is 0.165 e. The van der Waals surface area contributed by atoms with E-state index in [4.69, 9.17) is 10.2 Å². The summed E-state index contributed by atoms with van der Waals surface area (Å²) in [6, 6.07) is 10.4. The second-order valence-corrected chi connectivity index (χ2v) is 3.79. The Morgan fingerprint density at radius 3 is 2.05 bits per heavy atom. The fraction of sp³-hybridized carbons (Fsp3) is 0. The van der Waals surface area contributed by atoms with Gasteiger partial charge in [0, 0.05) is 0 Å². The molecule has 2 aromatic rings. The molecule has 0 radical (unpaired) electrons. The summed E-state index contributed by atoms with van der Waals surface area (Å²) in [6.45, 7) is 0. The maximum Gasteiger partial charge on any atom is 0.165 e. The summed E-state index contributed by atoms with van der Waals surface area (Å²) in [5.41, 5.74) is 1.28. The van der Waals surface area contributed by atoms with E-state index in [1.165, 1.54) is 24.6 Å². The van der Waals surface area contributed by atoms with Gasteiger partial charge in [-0.05, 0) is 53.6 Å². The maximum atomic E-state index is 13.0. The molecule has 0 aliphatic heterocycles. The first kappa shape index (κ1) is 12.8. The third-order valence-corrected chi connectivity index (χ3v) is 2.35. The fourth-order valence-electron chi connectivity index (χ4n) is 1.36. The van der Waals surface area contributed by atoms with Crippen molar-refractivity contribution in [1.29, 1.82) is 0 Å². The molecule has 5 heteroatoms. The van der Waals surface area contributed by atoms with Gasteiger partial charge in [-0.15, -0.1) is 0 Å². The molecule has 2 rings (SSSR count). The predicted molar refractivity (Wildman–Crippen MR) is 71.4 cm³/mol. The quantitative estimate of drug-likeness (QED) is 0.656. The molecule has 2 N–H and O–H groups in total. The first-order chi connectivity index (χ1) is 9.15. The standard InChI is InChI=1S/C14H11FN2O2/c15-13-7-11(3-6-14(13)19)9-17-16-8-10-1-4-12(18)5-2-10/h1-9,18-19H/b16-8+,17-9+. The van der Waals surface area contributed by atoms with Gasteiger partial charge in [0.25, 0.3) is 0 Å². The lowest BCUT2D eigenvalue weighted by atomic mass is 10.2. The minimum absolute atomic E-state index is 0.181. The van der Waals surface area contributed by atoms with E-state index in [-0.39, 0.29) is 5.75 Å². The van der Waals surface area contributed by atoms with E-state index in [2.05, 4.69) is 10.2 Å². The number of rotatable bonds is 3. The molecule has 0 atom stereocenters. The van der Waals surface area contributed by atoms with Crippen LogP contribution in [0.4, 0.5) is 4.39 Å². The van der Waals surface area contributed by atoms with Crippen molar-refractivity contribution in [3.8, 4) is 11.5 Å². The lowest BCUT2D eigenvalue weighted by molar-refractivity contribution is 0.432. The van der Waals surface area contributed by atoms with E-state index in [9.17, 15) is 4.39 Å². The van der Waals surface area contributed by atoms with Crippen molar-refractivity contribution < 1.29 is 14.6 Å². The zero-order valence-corrected chi connectivity index (χ0v) is 9.86. The molecule has 96 valence electrons. The van der Waals surface area contributed by atoms with E-state index in [1.54, 1.807) is 24.3 Å². The monoisotopic (exact) mass is 258 g/mol. The van der Waals surface area contributed by atoms with Crippen LogP contribution in [0.3, 0.4) is 0 Å². The number of hydrogen-bond donors (Lipinski definition) is 2. The van der Waals surface area contributed by atoms with Crippen molar-refractivity contribution in [2.45, 2.75) is 0 Å². The maximum absolute atomic E-state index is 13.0. The van der Waals surface area contributed by atoms with E-state index in [0.29, 0.717) is 5.56 Å². The zero-order chi connectivity index (χ0) is 13.7. The normalized spacial score (nSPS) is 11.4. The van der Waals surface area contributed by atoms with Gasteiger partial charge in [-0.25, -0.2) is 4.39 Å². The van der Waals surface area contributed by atoms with E-state index < -0.39 is 11.6 Å². The van der Waals surface area contributed by atoms with Crippen molar-refractivity contribution in [2.24, 2.45) is 10.2 Å². The number of aromatic hydroxyl groups is 2. The van der Waals surface area contributed by atoms with Crippen LogP contribution >= 0.6 is 0 Å². The van der Waals surface area contributed by atoms with Gasteiger partial charge >= 0.3 is 0 Å². The number of phenols is 2. The summed E-state index contributed by atoms with van der Waals surface area (Å²) in [7, 11) is 0. The Kier molecular flexibility index (Phi) is 3.87. The Morgan fingerprint density at radius 2 is 1.42 bits per heavy atom. The van der Waals surface area contributed by atoms with Gasteiger partial charge in [0.2, 0.25) is 0 Å². The number of hydrogen-bond acceptors (Lipinski definition) is 4. The minimum atomic E-state index is -0.702. The van der Waals surface area contributed by atoms with Gasteiger partial charge in [-0.1, -0.05) is 0 Å². The zero-order valence-electron chi connectivity index (χ0n) is 9.86. The molecule has 0 spiro atoms. The number of nitrogens with zero attached hydrogens (tertiary/aromatic N) is 2. The Hall–Kier alpha value is -2.69. The molecule has 0 amide bonds. The van der Waals surface area contributed by atoms with Gasteiger partial charge < -0.3 is 10.2 Å². The summed E-state index contributed by atoms with van der Waals surface area (Å²) in [6.07, 6.45) is 2.88. The van der Waals surface area contributed by atoms with Crippen LogP contribution in [0.2, 0.25) is 0 Å². The van der Waals surface area contributed by atoms with Crippen molar-refractivity contribution >= 4 is 12.4 Å². The summed E-state index contributed by atoms with van der Waals surface area (Å²) in [5, 5.41) is 25.7. The molecule has 0 bridgehead atoms. The van der Waals surface area contributed by atoms with Crippen LogP contribution in [0.1, 0.15) is 11.1 Å². The van der Waals surface area contributed by atoms with Crippen LogP contribution in [0.5, 0.6) is 11.5 Å².